The molecule has 8 N–H and O–H groups in total. The van der Waals surface area contributed by atoms with Crippen LogP contribution in [0.4, 0.5) is 0 Å². The highest BCUT2D eigenvalue weighted by Gasteiger charge is 2.38. The largest absolute Gasteiger partial charge is 0.508 e. The number of thiol groups is 1. The number of nitrogens with zero attached hydrogens (tertiary/aromatic N) is 1. The molecule has 2 rings (SSSR count). The summed E-state index contributed by atoms with van der Waals surface area (Å²) in [5.74, 6) is -3.80. The van der Waals surface area contributed by atoms with Crippen LogP contribution in [0, 0.1) is 0 Å². The predicted octanol–water partition coefficient (Wildman–Crippen LogP) is -1.50. The zero-order valence-electron chi connectivity index (χ0n) is 19.1. The Balaban J connectivity index is 2.17. The van der Waals surface area contributed by atoms with Crippen molar-refractivity contribution >= 4 is 42.2 Å². The number of nitrogens with two attached hydrogens (primary N) is 2. The van der Waals surface area contributed by atoms with Gasteiger partial charge in [0.25, 0.3) is 0 Å². The zero-order valence-corrected chi connectivity index (χ0v) is 19.9. The number of rotatable bonds is 12. The Hall–Kier alpha value is -3.32. The first-order valence-corrected chi connectivity index (χ1v) is 11.7. The van der Waals surface area contributed by atoms with E-state index >= 15 is 0 Å². The van der Waals surface area contributed by atoms with Crippen molar-refractivity contribution in [3.8, 4) is 5.75 Å². The van der Waals surface area contributed by atoms with E-state index in [2.05, 4.69) is 23.3 Å². The number of amides is 4. The van der Waals surface area contributed by atoms with E-state index < -0.39 is 53.8 Å². The minimum absolute atomic E-state index is 0.00439. The second kappa shape index (κ2) is 13.0. The summed E-state index contributed by atoms with van der Waals surface area (Å²) in [6, 6.07) is 1.67. The molecule has 4 atom stereocenters. The summed E-state index contributed by atoms with van der Waals surface area (Å²) < 4.78 is 0. The van der Waals surface area contributed by atoms with E-state index in [9.17, 15) is 34.2 Å². The van der Waals surface area contributed by atoms with Crippen molar-refractivity contribution < 1.29 is 34.2 Å². The topological polar surface area (TPSA) is 205 Å². The number of carboxylic acid groups (broad SMARTS) is 1. The van der Waals surface area contributed by atoms with E-state index in [1.807, 2.05) is 0 Å². The summed E-state index contributed by atoms with van der Waals surface area (Å²) in [4.78, 5) is 62.3. The van der Waals surface area contributed by atoms with Gasteiger partial charge in [-0.25, -0.2) is 4.79 Å². The van der Waals surface area contributed by atoms with Gasteiger partial charge in [0.2, 0.25) is 23.6 Å². The number of benzene rings is 1. The Kier molecular flexibility index (Phi) is 10.3. The number of aliphatic carboxylic acids is 1. The molecule has 192 valence electrons. The fourth-order valence-corrected chi connectivity index (χ4v) is 3.99. The maximum Gasteiger partial charge on any atom is 0.326 e. The van der Waals surface area contributed by atoms with Crippen LogP contribution in [-0.2, 0) is 30.4 Å². The van der Waals surface area contributed by atoms with Gasteiger partial charge >= 0.3 is 5.97 Å². The fraction of sp³-hybridized carbons (Fsp3) is 0.500. The lowest BCUT2D eigenvalue weighted by Gasteiger charge is -2.29. The van der Waals surface area contributed by atoms with E-state index in [4.69, 9.17) is 11.5 Å². The number of likely N-dealkylation sites (tertiary alicyclic amines) is 1. The van der Waals surface area contributed by atoms with Crippen molar-refractivity contribution in [3.05, 3.63) is 29.8 Å². The summed E-state index contributed by atoms with van der Waals surface area (Å²) >= 11 is 4.10. The third-order valence-corrected chi connectivity index (χ3v) is 6.03. The summed E-state index contributed by atoms with van der Waals surface area (Å²) in [6.07, 6.45) is 0.741. The van der Waals surface area contributed by atoms with Crippen LogP contribution >= 0.6 is 12.6 Å². The van der Waals surface area contributed by atoms with Crippen LogP contribution in [0.2, 0.25) is 0 Å². The molecule has 0 spiro atoms. The molecule has 1 aliphatic heterocycles. The lowest BCUT2D eigenvalue weighted by Crippen LogP contribution is -2.58. The van der Waals surface area contributed by atoms with Gasteiger partial charge in [-0.3, -0.25) is 19.2 Å². The molecule has 1 fully saturated rings. The van der Waals surface area contributed by atoms with Gasteiger partial charge in [-0.15, -0.1) is 0 Å². The highest BCUT2D eigenvalue weighted by atomic mass is 32.1. The molecule has 1 aliphatic rings. The van der Waals surface area contributed by atoms with Crippen LogP contribution in [0.25, 0.3) is 0 Å². The average Bonchev–Trinajstić information content (AvgIpc) is 3.31. The van der Waals surface area contributed by atoms with E-state index in [1.165, 1.54) is 17.0 Å². The number of carboxylic acids is 1. The maximum absolute atomic E-state index is 13.3. The maximum atomic E-state index is 13.3. The van der Waals surface area contributed by atoms with Crippen molar-refractivity contribution in [2.24, 2.45) is 11.5 Å². The second-order valence-electron chi connectivity index (χ2n) is 8.31. The lowest BCUT2D eigenvalue weighted by molar-refractivity contribution is -0.149. The quantitative estimate of drug-likeness (QED) is 0.165. The number of hydrogen-bond acceptors (Lipinski definition) is 8. The molecule has 0 aromatic heterocycles. The van der Waals surface area contributed by atoms with Crippen LogP contribution in [0.5, 0.6) is 5.75 Å². The van der Waals surface area contributed by atoms with Crippen molar-refractivity contribution in [1.29, 1.82) is 0 Å². The smallest absolute Gasteiger partial charge is 0.326 e. The lowest BCUT2D eigenvalue weighted by atomic mass is 10.0. The molecular weight excluding hydrogens is 478 g/mol. The third-order valence-electron chi connectivity index (χ3n) is 5.67. The molecule has 4 unspecified atom stereocenters. The number of aromatic hydroxyl groups is 1. The van der Waals surface area contributed by atoms with Crippen LogP contribution in [0.1, 0.15) is 31.2 Å². The van der Waals surface area contributed by atoms with E-state index in [0.29, 0.717) is 18.4 Å². The molecule has 1 aromatic carbocycles. The van der Waals surface area contributed by atoms with Crippen molar-refractivity contribution in [1.82, 2.24) is 15.5 Å². The molecule has 1 heterocycles. The van der Waals surface area contributed by atoms with Crippen LogP contribution in [0.3, 0.4) is 0 Å². The Morgan fingerprint density at radius 2 is 1.71 bits per heavy atom. The van der Waals surface area contributed by atoms with Gasteiger partial charge in [-0.05, 0) is 37.0 Å². The SMILES string of the molecule is NC(=O)CCC(N)C(=O)NC(CS)C(=O)NC(Cc1ccc(O)cc1)C(=O)N1CCCC1C(=O)O. The first-order chi connectivity index (χ1) is 16.5. The number of carbonyl (C=O) groups excluding carboxylic acids is 4. The number of hydrogen-bond donors (Lipinski definition) is 7. The number of phenolic OH excluding ortho intramolecular Hbond substituents is 1. The first-order valence-electron chi connectivity index (χ1n) is 11.1. The van der Waals surface area contributed by atoms with E-state index in [1.54, 1.807) is 12.1 Å². The molecular formula is C22H31N5O7S. The van der Waals surface area contributed by atoms with Gasteiger partial charge < -0.3 is 37.2 Å². The Bertz CT molecular complexity index is 943. The zero-order chi connectivity index (χ0) is 26.1. The second-order valence-corrected chi connectivity index (χ2v) is 8.68. The van der Waals surface area contributed by atoms with Gasteiger partial charge in [0, 0.05) is 25.1 Å². The molecule has 35 heavy (non-hydrogen) atoms. The summed E-state index contributed by atoms with van der Waals surface area (Å²) in [7, 11) is 0. The molecule has 4 amide bonds. The number of nitrogens with one attached hydrogen (secondary N) is 2. The highest BCUT2D eigenvalue weighted by molar-refractivity contribution is 7.80. The predicted molar refractivity (Wildman–Crippen MR) is 128 cm³/mol. The summed E-state index contributed by atoms with van der Waals surface area (Å²) in [5, 5.41) is 24.0. The molecule has 1 saturated heterocycles. The minimum atomic E-state index is -1.14. The summed E-state index contributed by atoms with van der Waals surface area (Å²) in [5.41, 5.74) is 11.4. The Labute approximate surface area is 207 Å². The van der Waals surface area contributed by atoms with Gasteiger partial charge in [0.05, 0.1) is 6.04 Å². The minimum Gasteiger partial charge on any atom is -0.508 e. The fourth-order valence-electron chi connectivity index (χ4n) is 3.73. The monoisotopic (exact) mass is 509 g/mol. The molecule has 0 bridgehead atoms. The molecule has 12 nitrogen and oxygen atoms in total. The Morgan fingerprint density at radius 1 is 1.09 bits per heavy atom. The normalized spacial score (nSPS) is 17.8. The van der Waals surface area contributed by atoms with Crippen molar-refractivity contribution in [2.45, 2.75) is 56.3 Å². The van der Waals surface area contributed by atoms with Crippen LogP contribution < -0.4 is 22.1 Å². The highest BCUT2D eigenvalue weighted by Crippen LogP contribution is 2.20. The number of primary amides is 1. The van der Waals surface area contributed by atoms with Gasteiger partial charge in [-0.2, -0.15) is 12.6 Å². The van der Waals surface area contributed by atoms with Crippen LogP contribution in [0.15, 0.2) is 24.3 Å². The number of carbonyl (C=O) groups is 5. The molecule has 13 heteroatoms. The average molecular weight is 510 g/mol. The van der Waals surface area contributed by atoms with Gasteiger partial charge in [-0.1, -0.05) is 12.1 Å². The molecule has 0 aliphatic carbocycles. The van der Waals surface area contributed by atoms with Crippen molar-refractivity contribution in [3.63, 3.8) is 0 Å². The van der Waals surface area contributed by atoms with E-state index in [-0.39, 0.29) is 37.3 Å². The van der Waals surface area contributed by atoms with Gasteiger partial charge in [0.15, 0.2) is 0 Å². The van der Waals surface area contributed by atoms with Crippen LogP contribution in [-0.4, -0.2) is 81.2 Å². The third kappa shape index (κ3) is 8.14. The first kappa shape index (κ1) is 27.9. The van der Waals surface area contributed by atoms with Crippen molar-refractivity contribution in [2.75, 3.05) is 12.3 Å². The number of phenols is 1. The summed E-state index contributed by atoms with van der Waals surface area (Å²) in [6.45, 7) is 0.235. The standard InChI is InChI=1S/C22H31N5O7S/c23-14(7-8-18(24)29)19(30)26-16(11-35)20(31)25-15(10-12-3-5-13(28)6-4-12)21(32)27-9-1-2-17(27)22(33)34/h3-6,14-17,28,35H,1-2,7-11,23H2,(H2,24,29)(H,25,31)(H,26,30)(H,33,34). The molecule has 1 aromatic rings. The molecule has 0 saturated carbocycles. The van der Waals surface area contributed by atoms with E-state index in [0.717, 1.165) is 0 Å². The Morgan fingerprint density at radius 3 is 2.29 bits per heavy atom. The molecule has 0 radical (unpaired) electrons. The van der Waals surface area contributed by atoms with Gasteiger partial charge in [0.1, 0.15) is 23.9 Å².